The summed E-state index contributed by atoms with van der Waals surface area (Å²) in [4.78, 5) is 33.8. The zero-order valence-corrected chi connectivity index (χ0v) is 12.6. The van der Waals surface area contributed by atoms with Gasteiger partial charge in [0.15, 0.2) is 0 Å². The molecule has 7 nitrogen and oxygen atoms in total. The van der Waals surface area contributed by atoms with Crippen LogP contribution in [0.5, 0.6) is 0 Å². The lowest BCUT2D eigenvalue weighted by Gasteiger charge is -2.19. The third-order valence-corrected chi connectivity index (χ3v) is 4.98. The molecule has 0 radical (unpaired) electrons. The number of carbonyl (C=O) groups excluding carboxylic acids is 2. The Morgan fingerprint density at radius 3 is 2.65 bits per heavy atom. The smallest absolute Gasteiger partial charge is 0.309 e. The van der Waals surface area contributed by atoms with Gasteiger partial charge in [0.2, 0.25) is 5.91 Å². The molecule has 23 heavy (non-hydrogen) atoms. The van der Waals surface area contributed by atoms with E-state index in [-0.39, 0.29) is 35.3 Å². The van der Waals surface area contributed by atoms with Gasteiger partial charge in [0.05, 0.1) is 16.4 Å². The third-order valence-electron chi connectivity index (χ3n) is 4.98. The lowest BCUT2D eigenvalue weighted by Crippen LogP contribution is -2.23. The van der Waals surface area contributed by atoms with Crippen LogP contribution in [0.25, 0.3) is 0 Å². The van der Waals surface area contributed by atoms with Gasteiger partial charge in [0.1, 0.15) is 6.61 Å². The maximum absolute atomic E-state index is 12.2. The SMILES string of the molecule is NC(=O)c1ccc(COC(=O)[C@H]2C[C@H]3CC[C@H]2C3)c([N+](=O)[O-])c1. The second-order valence-electron chi connectivity index (χ2n) is 6.35. The first-order chi connectivity index (χ1) is 11.0. The van der Waals surface area contributed by atoms with Crippen LogP contribution in [0.1, 0.15) is 41.6 Å². The predicted octanol–water partition coefficient (Wildman–Crippen LogP) is 2.17. The number of hydrogen-bond donors (Lipinski definition) is 1. The number of nitro groups is 1. The number of carbonyl (C=O) groups is 2. The molecule has 0 unspecified atom stereocenters. The Balaban J connectivity index is 1.69. The van der Waals surface area contributed by atoms with Crippen molar-refractivity contribution in [3.8, 4) is 0 Å². The van der Waals surface area contributed by atoms with Crippen LogP contribution in [0.2, 0.25) is 0 Å². The van der Waals surface area contributed by atoms with E-state index in [1.807, 2.05) is 0 Å². The molecule has 2 fully saturated rings. The minimum absolute atomic E-state index is 0.0554. The highest BCUT2D eigenvalue weighted by Gasteiger charge is 2.43. The van der Waals surface area contributed by atoms with Crippen LogP contribution in [0.3, 0.4) is 0 Å². The minimum Gasteiger partial charge on any atom is -0.460 e. The Kier molecular flexibility index (Phi) is 4.02. The molecule has 0 heterocycles. The van der Waals surface area contributed by atoms with Gasteiger partial charge in [-0.25, -0.2) is 0 Å². The number of rotatable bonds is 5. The second-order valence-corrected chi connectivity index (χ2v) is 6.35. The van der Waals surface area contributed by atoms with Crippen molar-refractivity contribution in [2.75, 3.05) is 0 Å². The molecule has 1 aromatic rings. The van der Waals surface area contributed by atoms with Gasteiger partial charge in [0.25, 0.3) is 5.69 Å². The largest absolute Gasteiger partial charge is 0.460 e. The van der Waals surface area contributed by atoms with Crippen molar-refractivity contribution < 1.29 is 19.2 Å². The molecule has 1 amide bonds. The van der Waals surface area contributed by atoms with Crippen molar-refractivity contribution >= 4 is 17.6 Å². The van der Waals surface area contributed by atoms with E-state index in [2.05, 4.69) is 0 Å². The number of benzene rings is 1. The number of hydrogen-bond acceptors (Lipinski definition) is 5. The van der Waals surface area contributed by atoms with E-state index in [9.17, 15) is 19.7 Å². The molecule has 122 valence electrons. The summed E-state index contributed by atoms with van der Waals surface area (Å²) < 4.78 is 5.30. The van der Waals surface area contributed by atoms with E-state index < -0.39 is 10.8 Å². The topological polar surface area (TPSA) is 113 Å². The van der Waals surface area contributed by atoms with Gasteiger partial charge in [-0.15, -0.1) is 0 Å². The maximum Gasteiger partial charge on any atom is 0.309 e. The molecule has 2 aliphatic carbocycles. The average molecular weight is 318 g/mol. The number of primary amides is 1. The van der Waals surface area contributed by atoms with Gasteiger partial charge in [-0.05, 0) is 43.2 Å². The normalized spacial score (nSPS) is 25.3. The molecule has 3 atom stereocenters. The van der Waals surface area contributed by atoms with E-state index in [4.69, 9.17) is 10.5 Å². The Morgan fingerprint density at radius 2 is 2.09 bits per heavy atom. The first-order valence-electron chi connectivity index (χ1n) is 7.69. The van der Waals surface area contributed by atoms with E-state index in [0.29, 0.717) is 11.8 Å². The zero-order chi connectivity index (χ0) is 16.6. The summed E-state index contributed by atoms with van der Waals surface area (Å²) in [6.07, 6.45) is 4.21. The maximum atomic E-state index is 12.2. The van der Waals surface area contributed by atoms with Gasteiger partial charge < -0.3 is 10.5 Å². The van der Waals surface area contributed by atoms with Crippen molar-refractivity contribution in [3.05, 3.63) is 39.4 Å². The summed E-state index contributed by atoms with van der Waals surface area (Å²) >= 11 is 0. The lowest BCUT2D eigenvalue weighted by molar-refractivity contribution is -0.385. The number of amides is 1. The van der Waals surface area contributed by atoms with Crippen LogP contribution in [0.4, 0.5) is 5.69 Å². The van der Waals surface area contributed by atoms with Crippen molar-refractivity contribution in [2.45, 2.75) is 32.3 Å². The molecule has 2 saturated carbocycles. The van der Waals surface area contributed by atoms with Crippen molar-refractivity contribution in [3.63, 3.8) is 0 Å². The van der Waals surface area contributed by atoms with E-state index in [0.717, 1.165) is 25.3 Å². The molecule has 0 aromatic heterocycles. The summed E-state index contributed by atoms with van der Waals surface area (Å²) in [5, 5.41) is 11.1. The number of nitrogens with two attached hydrogens (primary N) is 1. The van der Waals surface area contributed by atoms with Gasteiger partial charge >= 0.3 is 5.97 Å². The molecule has 2 bridgehead atoms. The first-order valence-corrected chi connectivity index (χ1v) is 7.69. The van der Waals surface area contributed by atoms with E-state index in [1.165, 1.54) is 18.6 Å². The van der Waals surface area contributed by atoms with Crippen LogP contribution in [-0.4, -0.2) is 16.8 Å². The first kappa shape index (κ1) is 15.5. The molecule has 3 rings (SSSR count). The summed E-state index contributed by atoms with van der Waals surface area (Å²) in [5.41, 5.74) is 5.18. The van der Waals surface area contributed by atoms with Crippen molar-refractivity contribution in [1.82, 2.24) is 0 Å². The molecule has 0 aliphatic heterocycles. The van der Waals surface area contributed by atoms with E-state index in [1.54, 1.807) is 0 Å². The molecular formula is C16H18N2O5. The Bertz CT molecular complexity index is 672. The number of nitro benzene ring substituents is 1. The highest BCUT2D eigenvalue weighted by atomic mass is 16.6. The summed E-state index contributed by atoms with van der Waals surface area (Å²) in [6.45, 7) is -0.165. The minimum atomic E-state index is -0.737. The van der Waals surface area contributed by atoms with Crippen LogP contribution in [0, 0.1) is 27.9 Å². The van der Waals surface area contributed by atoms with Crippen LogP contribution >= 0.6 is 0 Å². The number of esters is 1. The fourth-order valence-electron chi connectivity index (χ4n) is 3.80. The molecular weight excluding hydrogens is 300 g/mol. The van der Waals surface area contributed by atoms with Gasteiger partial charge in [-0.2, -0.15) is 0 Å². The summed E-state index contributed by atoms with van der Waals surface area (Å²) in [6, 6.07) is 3.92. The monoisotopic (exact) mass is 318 g/mol. The average Bonchev–Trinajstić information content (AvgIpc) is 3.15. The molecule has 0 spiro atoms. The van der Waals surface area contributed by atoms with E-state index >= 15 is 0 Å². The quantitative estimate of drug-likeness (QED) is 0.508. The summed E-state index contributed by atoms with van der Waals surface area (Å²) in [7, 11) is 0. The third kappa shape index (κ3) is 3.04. The highest BCUT2D eigenvalue weighted by molar-refractivity contribution is 5.93. The highest BCUT2D eigenvalue weighted by Crippen LogP contribution is 2.48. The zero-order valence-electron chi connectivity index (χ0n) is 12.6. The van der Waals surface area contributed by atoms with Crippen molar-refractivity contribution in [1.29, 1.82) is 0 Å². The van der Waals surface area contributed by atoms with Crippen LogP contribution < -0.4 is 5.73 Å². The Labute approximate surface area is 132 Å². The number of fused-ring (bicyclic) bond motifs is 2. The molecule has 0 saturated heterocycles. The van der Waals surface area contributed by atoms with Crippen LogP contribution in [-0.2, 0) is 16.1 Å². The van der Waals surface area contributed by atoms with Crippen LogP contribution in [0.15, 0.2) is 18.2 Å². The standard InChI is InChI=1S/C16H18N2O5/c17-15(19)11-3-4-12(14(7-11)18(21)22)8-23-16(20)13-6-9-1-2-10(13)5-9/h3-4,7,9-10,13H,1-2,5-6,8H2,(H2,17,19)/t9-,10-,13-/m0/s1. The fourth-order valence-corrected chi connectivity index (χ4v) is 3.80. The Hall–Kier alpha value is -2.44. The lowest BCUT2D eigenvalue weighted by atomic mass is 9.89. The summed E-state index contributed by atoms with van der Waals surface area (Å²) in [5.74, 6) is -0.0525. The Morgan fingerprint density at radius 1 is 1.30 bits per heavy atom. The van der Waals surface area contributed by atoms with Gasteiger partial charge in [-0.3, -0.25) is 19.7 Å². The fraction of sp³-hybridized carbons (Fsp3) is 0.500. The van der Waals surface area contributed by atoms with Gasteiger partial charge in [-0.1, -0.05) is 6.42 Å². The molecule has 1 aromatic carbocycles. The number of nitrogens with zero attached hydrogens (tertiary/aromatic N) is 1. The number of ether oxygens (including phenoxy) is 1. The van der Waals surface area contributed by atoms with Gasteiger partial charge in [0, 0.05) is 11.6 Å². The molecule has 7 heteroatoms. The molecule has 2 N–H and O–H groups in total. The second kappa shape index (κ2) is 5.98. The predicted molar refractivity (Wildman–Crippen MR) is 80.3 cm³/mol. The van der Waals surface area contributed by atoms with Crippen molar-refractivity contribution in [2.24, 2.45) is 23.5 Å². The molecule has 2 aliphatic rings.